The van der Waals surface area contributed by atoms with Gasteiger partial charge in [0.25, 0.3) is 5.56 Å². The highest BCUT2D eigenvalue weighted by Gasteiger charge is 2.33. The predicted molar refractivity (Wildman–Crippen MR) is 135 cm³/mol. The normalized spacial score (nSPS) is 20.6. The van der Waals surface area contributed by atoms with Gasteiger partial charge in [0.15, 0.2) is 5.82 Å². The maximum atomic E-state index is 15.5. The molecule has 0 bridgehead atoms. The first-order chi connectivity index (χ1) is 17.4. The summed E-state index contributed by atoms with van der Waals surface area (Å²) in [5, 5.41) is 6.40. The van der Waals surface area contributed by atoms with E-state index in [0.29, 0.717) is 36.4 Å². The molecule has 1 amide bonds. The standard InChI is InChI=1S/C27H35FN4O4/c1-3-36-27(35)21-12-20(18-4-5-18)23-16(2)24(22(28)15-32(23)26(21)34)31-11-8-17(14-31)13-30-25(33)19-6-9-29-10-7-19/h12,15,17-19,29H,3-11,13-14H2,1-2H3,(H,30,33). The third-order valence-corrected chi connectivity index (χ3v) is 7.83. The number of anilines is 1. The highest BCUT2D eigenvalue weighted by atomic mass is 19.1. The lowest BCUT2D eigenvalue weighted by Gasteiger charge is -2.25. The van der Waals surface area contributed by atoms with Crippen LogP contribution in [-0.4, -0.2) is 55.6 Å². The van der Waals surface area contributed by atoms with Crippen LogP contribution in [0.4, 0.5) is 10.1 Å². The largest absolute Gasteiger partial charge is 0.462 e. The lowest BCUT2D eigenvalue weighted by Crippen LogP contribution is -2.40. The molecule has 9 heteroatoms. The number of pyridine rings is 2. The number of rotatable bonds is 7. The number of halogens is 1. The molecular weight excluding hydrogens is 463 g/mol. The average Bonchev–Trinajstić information content (AvgIpc) is 3.62. The number of aromatic nitrogens is 1. The Hall–Kier alpha value is -2.94. The van der Waals surface area contributed by atoms with E-state index in [0.717, 1.165) is 50.8 Å². The Bertz CT molecular complexity index is 1230. The van der Waals surface area contributed by atoms with Crippen LogP contribution < -0.4 is 21.1 Å². The van der Waals surface area contributed by atoms with Crippen molar-refractivity contribution in [3.05, 3.63) is 45.1 Å². The summed E-state index contributed by atoms with van der Waals surface area (Å²) in [5.74, 6) is -0.472. The van der Waals surface area contributed by atoms with Gasteiger partial charge in [0.1, 0.15) is 5.56 Å². The number of ether oxygens (including phenoxy) is 1. The summed E-state index contributed by atoms with van der Waals surface area (Å²) in [7, 11) is 0. The summed E-state index contributed by atoms with van der Waals surface area (Å²) in [4.78, 5) is 40.1. The molecule has 3 fully saturated rings. The topological polar surface area (TPSA) is 92.2 Å². The molecule has 0 aromatic carbocycles. The lowest BCUT2D eigenvalue weighted by atomic mass is 9.97. The van der Waals surface area contributed by atoms with Crippen LogP contribution in [-0.2, 0) is 9.53 Å². The molecule has 4 heterocycles. The third-order valence-electron chi connectivity index (χ3n) is 7.83. The van der Waals surface area contributed by atoms with Crippen molar-refractivity contribution in [2.45, 2.75) is 51.9 Å². The second-order valence-electron chi connectivity index (χ2n) is 10.4. The van der Waals surface area contributed by atoms with Crippen molar-refractivity contribution in [3.8, 4) is 0 Å². The molecule has 1 saturated carbocycles. The Morgan fingerprint density at radius 2 is 1.94 bits per heavy atom. The molecule has 1 atom stereocenters. The fraction of sp³-hybridized carbons (Fsp3) is 0.593. The minimum Gasteiger partial charge on any atom is -0.462 e. The SMILES string of the molecule is CCOC(=O)c1cc(C2CC2)c2c(C)c(N3CCC(CNC(=O)C4CCNCC4)C3)c(F)cn2c1=O. The molecule has 2 aromatic rings. The maximum absolute atomic E-state index is 15.5. The number of hydrogen-bond acceptors (Lipinski definition) is 6. The van der Waals surface area contributed by atoms with Gasteiger partial charge in [0.2, 0.25) is 5.91 Å². The maximum Gasteiger partial charge on any atom is 0.343 e. The Morgan fingerprint density at radius 1 is 1.19 bits per heavy atom. The zero-order chi connectivity index (χ0) is 25.4. The van der Waals surface area contributed by atoms with Crippen LogP contribution in [0, 0.1) is 24.6 Å². The van der Waals surface area contributed by atoms with Crippen LogP contribution in [0.2, 0.25) is 0 Å². The third kappa shape index (κ3) is 4.73. The Kier molecular flexibility index (Phi) is 7.01. The summed E-state index contributed by atoms with van der Waals surface area (Å²) in [6, 6.07) is 1.66. The van der Waals surface area contributed by atoms with Crippen molar-refractivity contribution < 1.29 is 18.7 Å². The number of nitrogens with zero attached hydrogens (tertiary/aromatic N) is 2. The van der Waals surface area contributed by atoms with Gasteiger partial charge >= 0.3 is 5.97 Å². The molecule has 1 unspecified atom stereocenters. The fourth-order valence-corrected chi connectivity index (χ4v) is 5.77. The summed E-state index contributed by atoms with van der Waals surface area (Å²) in [5.41, 5.74) is 2.21. The molecule has 5 rings (SSSR count). The van der Waals surface area contributed by atoms with Crippen LogP contribution in [0.5, 0.6) is 0 Å². The minimum absolute atomic E-state index is 0.0477. The van der Waals surface area contributed by atoms with Crippen LogP contribution in [0.25, 0.3) is 5.52 Å². The molecule has 0 radical (unpaired) electrons. The van der Waals surface area contributed by atoms with Gasteiger partial charge in [-0.05, 0) is 88.1 Å². The summed E-state index contributed by atoms with van der Waals surface area (Å²) >= 11 is 0. The average molecular weight is 499 g/mol. The number of nitrogens with one attached hydrogen (secondary N) is 2. The van der Waals surface area contributed by atoms with Gasteiger partial charge in [0, 0.05) is 25.6 Å². The van der Waals surface area contributed by atoms with E-state index < -0.39 is 17.3 Å². The number of esters is 1. The monoisotopic (exact) mass is 498 g/mol. The van der Waals surface area contributed by atoms with Gasteiger partial charge in [-0.3, -0.25) is 14.0 Å². The van der Waals surface area contributed by atoms with Crippen molar-refractivity contribution in [1.29, 1.82) is 0 Å². The first-order valence-corrected chi connectivity index (χ1v) is 13.2. The van der Waals surface area contributed by atoms with E-state index in [9.17, 15) is 14.4 Å². The second kappa shape index (κ2) is 10.2. The molecule has 194 valence electrons. The van der Waals surface area contributed by atoms with Crippen molar-refractivity contribution in [2.24, 2.45) is 11.8 Å². The van der Waals surface area contributed by atoms with Gasteiger partial charge in [-0.15, -0.1) is 0 Å². The number of carbonyl (C=O) groups excluding carboxylic acids is 2. The molecule has 8 nitrogen and oxygen atoms in total. The first kappa shape index (κ1) is 24.7. The fourth-order valence-electron chi connectivity index (χ4n) is 5.77. The van der Waals surface area contributed by atoms with Crippen molar-refractivity contribution in [3.63, 3.8) is 0 Å². The van der Waals surface area contributed by atoms with Gasteiger partial charge in [-0.1, -0.05) is 0 Å². The molecule has 2 saturated heterocycles. The second-order valence-corrected chi connectivity index (χ2v) is 10.4. The van der Waals surface area contributed by atoms with Crippen molar-refractivity contribution in [2.75, 3.05) is 44.2 Å². The van der Waals surface area contributed by atoms with Gasteiger partial charge in [-0.25, -0.2) is 9.18 Å². The molecule has 3 aliphatic rings. The van der Waals surface area contributed by atoms with Gasteiger partial charge in [0.05, 0.1) is 24.0 Å². The summed E-state index contributed by atoms with van der Waals surface area (Å²) in [6.07, 6.45) is 5.77. The highest BCUT2D eigenvalue weighted by Crippen LogP contribution is 2.44. The Morgan fingerprint density at radius 3 is 2.64 bits per heavy atom. The number of carbonyl (C=O) groups is 2. The predicted octanol–water partition coefficient (Wildman–Crippen LogP) is 2.74. The van der Waals surface area contributed by atoms with Crippen LogP contribution >= 0.6 is 0 Å². The number of aryl methyl sites for hydroxylation is 1. The Labute approximate surface area is 210 Å². The van der Waals surface area contributed by atoms with E-state index in [2.05, 4.69) is 10.6 Å². The molecule has 36 heavy (non-hydrogen) atoms. The van der Waals surface area contributed by atoms with Crippen molar-refractivity contribution in [1.82, 2.24) is 15.0 Å². The summed E-state index contributed by atoms with van der Waals surface area (Å²) < 4.78 is 21.9. The molecule has 2 aliphatic heterocycles. The number of fused-ring (bicyclic) bond motifs is 1. The van der Waals surface area contributed by atoms with E-state index in [1.54, 1.807) is 13.0 Å². The Balaban J connectivity index is 1.40. The lowest BCUT2D eigenvalue weighted by molar-refractivity contribution is -0.125. The molecular formula is C27H35FN4O4. The number of hydrogen-bond donors (Lipinski definition) is 2. The molecule has 0 spiro atoms. The van der Waals surface area contributed by atoms with Gasteiger partial charge in [-0.2, -0.15) is 0 Å². The number of piperidine rings is 1. The molecule has 2 aromatic heterocycles. The van der Waals surface area contributed by atoms with E-state index in [1.165, 1.54) is 10.6 Å². The highest BCUT2D eigenvalue weighted by molar-refractivity contribution is 5.90. The van der Waals surface area contributed by atoms with E-state index >= 15 is 4.39 Å². The van der Waals surface area contributed by atoms with Crippen LogP contribution in [0.1, 0.15) is 66.4 Å². The first-order valence-electron chi connectivity index (χ1n) is 13.2. The van der Waals surface area contributed by atoms with Crippen LogP contribution in [0.15, 0.2) is 17.1 Å². The smallest absolute Gasteiger partial charge is 0.343 e. The van der Waals surface area contributed by atoms with Gasteiger partial charge < -0.3 is 20.3 Å². The zero-order valence-corrected chi connectivity index (χ0v) is 21.1. The summed E-state index contributed by atoms with van der Waals surface area (Å²) in [6.45, 7) is 7.39. The molecule has 2 N–H and O–H groups in total. The quantitative estimate of drug-likeness (QED) is 0.571. The number of amides is 1. The van der Waals surface area contributed by atoms with E-state index in [4.69, 9.17) is 4.74 Å². The molecule has 1 aliphatic carbocycles. The van der Waals surface area contributed by atoms with Crippen molar-refractivity contribution >= 4 is 23.1 Å². The van der Waals surface area contributed by atoms with Crippen LogP contribution in [0.3, 0.4) is 0 Å². The van der Waals surface area contributed by atoms with E-state index in [-0.39, 0.29) is 35.8 Å². The minimum atomic E-state index is -0.671. The van der Waals surface area contributed by atoms with E-state index in [1.807, 2.05) is 11.8 Å². The zero-order valence-electron chi connectivity index (χ0n) is 21.1.